The molecule has 24 heavy (non-hydrogen) atoms. The number of carbonyl (C=O) groups excluding carboxylic acids is 1. The number of aromatic nitrogens is 2. The van der Waals surface area contributed by atoms with E-state index in [0.717, 1.165) is 5.52 Å². The van der Waals surface area contributed by atoms with E-state index in [0.29, 0.717) is 16.7 Å². The number of benzene rings is 1. The lowest BCUT2D eigenvalue weighted by Gasteiger charge is -2.03. The van der Waals surface area contributed by atoms with Crippen LogP contribution in [0, 0.1) is 0 Å². The molecule has 6 nitrogen and oxygen atoms in total. The van der Waals surface area contributed by atoms with Gasteiger partial charge >= 0.3 is 5.63 Å². The second-order valence-electron chi connectivity index (χ2n) is 5.37. The maximum atomic E-state index is 12.3. The quantitative estimate of drug-likeness (QED) is 0.588. The number of hydrogen-bond acceptors (Lipinski definition) is 4. The number of carbonyl (C=O) groups is 1. The summed E-state index contributed by atoms with van der Waals surface area (Å²) in [7, 11) is 0. The van der Waals surface area contributed by atoms with E-state index in [4.69, 9.17) is 4.42 Å². The number of nitrogens with one attached hydrogen (secondary N) is 1. The van der Waals surface area contributed by atoms with E-state index in [1.807, 2.05) is 36.5 Å². The van der Waals surface area contributed by atoms with E-state index in [2.05, 4.69) is 10.4 Å². The molecule has 0 saturated carbocycles. The Morgan fingerprint density at radius 3 is 2.83 bits per heavy atom. The molecule has 0 spiro atoms. The topological polar surface area (TPSA) is 76.6 Å². The maximum Gasteiger partial charge on any atom is 0.349 e. The van der Waals surface area contributed by atoms with Crippen molar-refractivity contribution in [2.24, 2.45) is 0 Å². The third-order valence-electron chi connectivity index (χ3n) is 3.74. The molecule has 0 radical (unpaired) electrons. The highest BCUT2D eigenvalue weighted by Crippen LogP contribution is 2.12. The first-order chi connectivity index (χ1) is 11.7. The molecule has 6 heteroatoms. The van der Waals surface area contributed by atoms with Gasteiger partial charge in [0.05, 0.1) is 17.8 Å². The number of amides is 1. The lowest BCUT2D eigenvalue weighted by atomic mass is 10.2. The van der Waals surface area contributed by atoms with Gasteiger partial charge in [0.1, 0.15) is 11.1 Å². The second-order valence-corrected chi connectivity index (χ2v) is 5.37. The number of fused-ring (bicyclic) bond motifs is 2. The van der Waals surface area contributed by atoms with Gasteiger partial charge in [-0.2, -0.15) is 5.10 Å². The van der Waals surface area contributed by atoms with Crippen LogP contribution in [0.15, 0.2) is 70.0 Å². The molecule has 0 aliphatic rings. The fraction of sp³-hybridized carbons (Fsp3) is 0.0556. The van der Waals surface area contributed by atoms with Gasteiger partial charge in [-0.3, -0.25) is 4.79 Å². The van der Waals surface area contributed by atoms with Crippen molar-refractivity contribution in [3.63, 3.8) is 0 Å². The van der Waals surface area contributed by atoms with Gasteiger partial charge in [0, 0.05) is 11.6 Å². The van der Waals surface area contributed by atoms with E-state index < -0.39 is 11.5 Å². The Hall–Kier alpha value is -3.41. The molecule has 0 aliphatic carbocycles. The second kappa shape index (κ2) is 5.66. The first-order valence-corrected chi connectivity index (χ1v) is 7.45. The standard InChI is InChI=1S/C18H13N3O3/c22-17(15-9-12-5-1-2-7-16(12)24-18(15)23)19-11-13-10-14-6-3-4-8-21(14)20-13/h1-10H,11H2,(H,19,22). The molecule has 0 unspecified atom stereocenters. The molecule has 118 valence electrons. The molecule has 1 aromatic carbocycles. The molecule has 1 amide bonds. The zero-order valence-electron chi connectivity index (χ0n) is 12.6. The van der Waals surface area contributed by atoms with Crippen LogP contribution in [0.3, 0.4) is 0 Å². The minimum absolute atomic E-state index is 0.0162. The Kier molecular flexibility index (Phi) is 3.35. The summed E-state index contributed by atoms with van der Waals surface area (Å²) in [6, 6.07) is 16.2. The van der Waals surface area contributed by atoms with E-state index in [1.54, 1.807) is 28.8 Å². The minimum Gasteiger partial charge on any atom is -0.422 e. The van der Waals surface area contributed by atoms with E-state index in [1.165, 1.54) is 0 Å². The molecule has 3 heterocycles. The third kappa shape index (κ3) is 2.54. The van der Waals surface area contributed by atoms with E-state index in [9.17, 15) is 9.59 Å². The highest BCUT2D eigenvalue weighted by Gasteiger charge is 2.14. The average Bonchev–Trinajstić information content (AvgIpc) is 3.02. The summed E-state index contributed by atoms with van der Waals surface area (Å²) in [5.74, 6) is -0.480. The molecule has 4 rings (SSSR count). The van der Waals surface area contributed by atoms with Crippen LogP contribution in [-0.4, -0.2) is 15.5 Å². The Morgan fingerprint density at radius 2 is 1.96 bits per heavy atom. The molecule has 0 bridgehead atoms. The fourth-order valence-corrected chi connectivity index (χ4v) is 2.56. The Labute approximate surface area is 136 Å². The van der Waals surface area contributed by atoms with Gasteiger partial charge < -0.3 is 9.73 Å². The molecular weight excluding hydrogens is 306 g/mol. The smallest absolute Gasteiger partial charge is 0.349 e. The first kappa shape index (κ1) is 14.2. The molecular formula is C18H13N3O3. The molecule has 0 aliphatic heterocycles. The molecule has 0 fully saturated rings. The molecule has 4 aromatic rings. The van der Waals surface area contributed by atoms with Crippen molar-refractivity contribution in [1.82, 2.24) is 14.9 Å². The van der Waals surface area contributed by atoms with Crippen molar-refractivity contribution >= 4 is 22.4 Å². The summed E-state index contributed by atoms with van der Waals surface area (Å²) in [6.45, 7) is 0.229. The summed E-state index contributed by atoms with van der Waals surface area (Å²) in [6.07, 6.45) is 1.83. The predicted molar refractivity (Wildman–Crippen MR) is 88.8 cm³/mol. The minimum atomic E-state index is -0.652. The Bertz CT molecular complexity index is 1080. The van der Waals surface area contributed by atoms with Crippen molar-refractivity contribution in [3.05, 3.63) is 82.5 Å². The summed E-state index contributed by atoms with van der Waals surface area (Å²) >= 11 is 0. The van der Waals surface area contributed by atoms with Crippen molar-refractivity contribution in [3.8, 4) is 0 Å². The van der Waals surface area contributed by atoms with E-state index in [-0.39, 0.29) is 12.1 Å². The van der Waals surface area contributed by atoms with Gasteiger partial charge in [-0.15, -0.1) is 0 Å². The zero-order valence-corrected chi connectivity index (χ0v) is 12.6. The predicted octanol–water partition coefficient (Wildman–Crippen LogP) is 2.37. The summed E-state index contributed by atoms with van der Waals surface area (Å²) in [4.78, 5) is 24.3. The van der Waals surface area contributed by atoms with Crippen LogP contribution < -0.4 is 10.9 Å². The normalized spacial score (nSPS) is 11.0. The van der Waals surface area contributed by atoms with Gasteiger partial charge in [0.2, 0.25) is 0 Å². The summed E-state index contributed by atoms with van der Waals surface area (Å²) in [5, 5.41) is 7.76. The van der Waals surface area contributed by atoms with Gasteiger partial charge in [-0.25, -0.2) is 9.31 Å². The van der Waals surface area contributed by atoms with Crippen LogP contribution in [-0.2, 0) is 6.54 Å². The van der Waals surface area contributed by atoms with Gasteiger partial charge in [-0.05, 0) is 30.3 Å². The first-order valence-electron chi connectivity index (χ1n) is 7.45. The number of pyridine rings is 1. The maximum absolute atomic E-state index is 12.3. The SMILES string of the molecule is O=C(NCc1cc2ccccn2n1)c1cc2ccccc2oc1=O. The number of nitrogens with zero attached hydrogens (tertiary/aromatic N) is 2. The number of rotatable bonds is 3. The highest BCUT2D eigenvalue weighted by atomic mass is 16.4. The van der Waals surface area contributed by atoms with Crippen molar-refractivity contribution < 1.29 is 9.21 Å². The van der Waals surface area contributed by atoms with Crippen molar-refractivity contribution in [2.75, 3.05) is 0 Å². The molecule has 0 saturated heterocycles. The molecule has 3 aromatic heterocycles. The highest BCUT2D eigenvalue weighted by molar-refractivity contribution is 5.96. The van der Waals surface area contributed by atoms with Crippen molar-refractivity contribution in [2.45, 2.75) is 6.54 Å². The van der Waals surface area contributed by atoms with Crippen LogP contribution in [0.2, 0.25) is 0 Å². The Balaban J connectivity index is 1.57. The van der Waals surface area contributed by atoms with Crippen LogP contribution >= 0.6 is 0 Å². The van der Waals surface area contributed by atoms with Gasteiger partial charge in [0.15, 0.2) is 0 Å². The number of hydrogen-bond donors (Lipinski definition) is 1. The third-order valence-corrected chi connectivity index (χ3v) is 3.74. The monoisotopic (exact) mass is 319 g/mol. The van der Waals surface area contributed by atoms with Gasteiger partial charge in [-0.1, -0.05) is 24.3 Å². The molecule has 1 N–H and O–H groups in total. The summed E-state index contributed by atoms with van der Waals surface area (Å²) in [5.41, 5.74) is 1.43. The average molecular weight is 319 g/mol. The van der Waals surface area contributed by atoms with Crippen LogP contribution in [0.4, 0.5) is 0 Å². The van der Waals surface area contributed by atoms with E-state index >= 15 is 0 Å². The summed E-state index contributed by atoms with van der Waals surface area (Å²) < 4.78 is 6.91. The zero-order chi connectivity index (χ0) is 16.5. The number of para-hydroxylation sites is 1. The van der Waals surface area contributed by atoms with Crippen molar-refractivity contribution in [1.29, 1.82) is 0 Å². The largest absolute Gasteiger partial charge is 0.422 e. The Morgan fingerprint density at radius 1 is 1.12 bits per heavy atom. The van der Waals surface area contributed by atoms with Crippen LogP contribution in [0.1, 0.15) is 16.1 Å². The van der Waals surface area contributed by atoms with Gasteiger partial charge in [0.25, 0.3) is 5.91 Å². The lowest BCUT2D eigenvalue weighted by Crippen LogP contribution is -2.28. The molecule has 0 atom stereocenters. The fourth-order valence-electron chi connectivity index (χ4n) is 2.56. The van der Waals surface area contributed by atoms with Crippen LogP contribution in [0.25, 0.3) is 16.5 Å². The lowest BCUT2D eigenvalue weighted by molar-refractivity contribution is 0.0947. The van der Waals surface area contributed by atoms with Crippen LogP contribution in [0.5, 0.6) is 0 Å².